The Bertz CT molecular complexity index is 377. The van der Waals surface area contributed by atoms with Crippen LogP contribution in [0.2, 0.25) is 0 Å². The van der Waals surface area contributed by atoms with Crippen molar-refractivity contribution in [1.29, 1.82) is 0 Å². The van der Waals surface area contributed by atoms with Crippen LogP contribution in [0.25, 0.3) is 0 Å². The van der Waals surface area contributed by atoms with Crippen molar-refractivity contribution in [2.24, 2.45) is 0 Å². The molecule has 0 aliphatic heterocycles. The van der Waals surface area contributed by atoms with Gasteiger partial charge in [0.05, 0.1) is 5.56 Å². The second-order valence-electron chi connectivity index (χ2n) is 4.63. The molecule has 0 aliphatic rings. The highest BCUT2D eigenvalue weighted by Crippen LogP contribution is 2.00. The van der Waals surface area contributed by atoms with Gasteiger partial charge in [-0.25, -0.2) is 9.97 Å². The second-order valence-corrected chi connectivity index (χ2v) is 4.63. The van der Waals surface area contributed by atoms with Gasteiger partial charge in [0.2, 0.25) is 5.95 Å². The first kappa shape index (κ1) is 15.4. The molecule has 0 spiro atoms. The molecule has 0 saturated carbocycles. The van der Waals surface area contributed by atoms with Crippen LogP contribution in [0.1, 0.15) is 30.1 Å². The van der Waals surface area contributed by atoms with Crippen LogP contribution in [0.15, 0.2) is 12.4 Å². The summed E-state index contributed by atoms with van der Waals surface area (Å²) >= 11 is 0. The lowest BCUT2D eigenvalue weighted by atomic mass is 10.3. The van der Waals surface area contributed by atoms with Crippen molar-refractivity contribution < 1.29 is 4.79 Å². The number of aromatic nitrogens is 2. The summed E-state index contributed by atoms with van der Waals surface area (Å²) in [4.78, 5) is 22.0. The molecule has 1 rings (SSSR count). The van der Waals surface area contributed by atoms with E-state index < -0.39 is 0 Å². The zero-order chi connectivity index (χ0) is 14.1. The molecule has 0 atom stereocenters. The van der Waals surface area contributed by atoms with Gasteiger partial charge in [0.15, 0.2) is 0 Å². The normalized spacial score (nSPS) is 10.5. The molecule has 6 nitrogen and oxygen atoms in total. The maximum Gasteiger partial charge on any atom is 0.254 e. The number of unbranched alkanes of at least 4 members (excludes halogenated alkanes) is 1. The first-order chi connectivity index (χ1) is 9.13. The predicted molar refractivity (Wildman–Crippen MR) is 76.3 cm³/mol. The topological polar surface area (TPSA) is 70.2 Å². The van der Waals surface area contributed by atoms with Crippen LogP contribution < -0.4 is 10.6 Å². The van der Waals surface area contributed by atoms with E-state index in [-0.39, 0.29) is 5.91 Å². The fourth-order valence-corrected chi connectivity index (χ4v) is 1.41. The zero-order valence-corrected chi connectivity index (χ0v) is 11.9. The van der Waals surface area contributed by atoms with Gasteiger partial charge in [-0.3, -0.25) is 4.79 Å². The van der Waals surface area contributed by atoms with Crippen LogP contribution in [0.5, 0.6) is 0 Å². The molecule has 0 saturated heterocycles. The Morgan fingerprint density at radius 2 is 1.95 bits per heavy atom. The molecule has 0 unspecified atom stereocenters. The Morgan fingerprint density at radius 3 is 2.53 bits per heavy atom. The molecule has 1 amide bonds. The molecule has 106 valence electrons. The Labute approximate surface area is 114 Å². The minimum absolute atomic E-state index is 0.137. The lowest BCUT2D eigenvalue weighted by Crippen LogP contribution is -2.31. The molecule has 0 aliphatic carbocycles. The van der Waals surface area contributed by atoms with Crippen molar-refractivity contribution in [3.05, 3.63) is 18.0 Å². The third-order valence-electron chi connectivity index (χ3n) is 2.57. The summed E-state index contributed by atoms with van der Waals surface area (Å²) in [5, 5.41) is 5.93. The fourth-order valence-electron chi connectivity index (χ4n) is 1.41. The molecule has 0 radical (unpaired) electrons. The molecule has 0 bridgehead atoms. The number of carbonyl (C=O) groups is 1. The number of hydrogen-bond acceptors (Lipinski definition) is 5. The lowest BCUT2D eigenvalue weighted by molar-refractivity contribution is 0.0950. The Hall–Kier alpha value is -1.69. The highest BCUT2D eigenvalue weighted by atomic mass is 16.1. The van der Waals surface area contributed by atoms with E-state index in [0.29, 0.717) is 18.1 Å². The van der Waals surface area contributed by atoms with Crippen LogP contribution >= 0.6 is 0 Å². The van der Waals surface area contributed by atoms with E-state index in [1.807, 2.05) is 19.0 Å². The van der Waals surface area contributed by atoms with E-state index in [9.17, 15) is 4.79 Å². The van der Waals surface area contributed by atoms with Gasteiger partial charge in [0.25, 0.3) is 5.91 Å². The molecule has 2 N–H and O–H groups in total. The molecular weight excluding hydrogens is 242 g/mol. The number of anilines is 1. The summed E-state index contributed by atoms with van der Waals surface area (Å²) in [6.07, 6.45) is 5.30. The van der Waals surface area contributed by atoms with Crippen molar-refractivity contribution in [2.45, 2.75) is 19.8 Å². The highest BCUT2D eigenvalue weighted by molar-refractivity contribution is 5.93. The van der Waals surface area contributed by atoms with Crippen LogP contribution in [0.4, 0.5) is 5.95 Å². The van der Waals surface area contributed by atoms with Crippen LogP contribution in [-0.2, 0) is 0 Å². The average molecular weight is 265 g/mol. The highest BCUT2D eigenvalue weighted by Gasteiger charge is 2.06. The first-order valence-corrected chi connectivity index (χ1v) is 6.62. The SMILES string of the molecule is CCCCNc1ncc(C(=O)NCCN(C)C)cn1. The average Bonchev–Trinajstić information content (AvgIpc) is 2.39. The maximum absolute atomic E-state index is 11.8. The standard InChI is InChI=1S/C13H23N5O/c1-4-5-6-15-13-16-9-11(10-17-13)12(19)14-7-8-18(2)3/h9-10H,4-8H2,1-3H3,(H,14,19)(H,15,16,17). The van der Waals surface area contributed by atoms with Crippen molar-refractivity contribution >= 4 is 11.9 Å². The van der Waals surface area contributed by atoms with Crippen LogP contribution in [0.3, 0.4) is 0 Å². The third-order valence-corrected chi connectivity index (χ3v) is 2.57. The molecule has 6 heteroatoms. The van der Waals surface area contributed by atoms with E-state index in [1.165, 1.54) is 0 Å². The number of nitrogens with one attached hydrogen (secondary N) is 2. The van der Waals surface area contributed by atoms with Gasteiger partial charge < -0.3 is 15.5 Å². The quantitative estimate of drug-likeness (QED) is 0.686. The second kappa shape index (κ2) is 8.42. The van der Waals surface area contributed by atoms with E-state index in [1.54, 1.807) is 12.4 Å². The number of rotatable bonds is 8. The Morgan fingerprint density at radius 1 is 1.26 bits per heavy atom. The first-order valence-electron chi connectivity index (χ1n) is 6.62. The van der Waals surface area contributed by atoms with Gasteiger partial charge in [0, 0.05) is 32.0 Å². The minimum Gasteiger partial charge on any atom is -0.354 e. The van der Waals surface area contributed by atoms with Gasteiger partial charge in [-0.15, -0.1) is 0 Å². The van der Waals surface area contributed by atoms with Crippen molar-refractivity contribution in [1.82, 2.24) is 20.2 Å². The van der Waals surface area contributed by atoms with Crippen molar-refractivity contribution in [3.8, 4) is 0 Å². The van der Waals surface area contributed by atoms with Gasteiger partial charge in [-0.1, -0.05) is 13.3 Å². The zero-order valence-electron chi connectivity index (χ0n) is 11.9. The summed E-state index contributed by atoms with van der Waals surface area (Å²) in [5.74, 6) is 0.431. The van der Waals surface area contributed by atoms with E-state index in [0.717, 1.165) is 25.9 Å². The number of carbonyl (C=O) groups excluding carboxylic acids is 1. The summed E-state index contributed by atoms with van der Waals surface area (Å²) < 4.78 is 0. The molecule has 0 fully saturated rings. The largest absolute Gasteiger partial charge is 0.354 e. The van der Waals surface area contributed by atoms with Gasteiger partial charge in [0.1, 0.15) is 0 Å². The third kappa shape index (κ3) is 6.15. The summed E-state index contributed by atoms with van der Waals surface area (Å²) in [7, 11) is 3.93. The predicted octanol–water partition coefficient (Wildman–Crippen LogP) is 0.980. The number of nitrogens with zero attached hydrogens (tertiary/aromatic N) is 3. The molecule has 1 aromatic heterocycles. The smallest absolute Gasteiger partial charge is 0.254 e. The van der Waals surface area contributed by atoms with Crippen LogP contribution in [0, 0.1) is 0 Å². The van der Waals surface area contributed by atoms with Crippen LogP contribution in [-0.4, -0.2) is 54.5 Å². The summed E-state index contributed by atoms with van der Waals surface area (Å²) in [6, 6.07) is 0. The Kier molecular flexibility index (Phi) is 6.81. The van der Waals surface area contributed by atoms with Crippen molar-refractivity contribution in [3.63, 3.8) is 0 Å². The molecular formula is C13H23N5O. The summed E-state index contributed by atoms with van der Waals surface area (Å²) in [6.45, 7) is 4.40. The Balaban J connectivity index is 2.39. The number of hydrogen-bond donors (Lipinski definition) is 2. The minimum atomic E-state index is -0.137. The molecule has 0 aromatic carbocycles. The molecule has 1 heterocycles. The number of likely N-dealkylation sites (N-methyl/N-ethyl adjacent to an activating group) is 1. The van der Waals surface area contributed by atoms with E-state index >= 15 is 0 Å². The van der Waals surface area contributed by atoms with Gasteiger partial charge in [-0.05, 0) is 20.5 Å². The summed E-state index contributed by atoms with van der Waals surface area (Å²) in [5.41, 5.74) is 0.486. The monoisotopic (exact) mass is 265 g/mol. The molecule has 19 heavy (non-hydrogen) atoms. The number of amides is 1. The fraction of sp³-hybridized carbons (Fsp3) is 0.615. The van der Waals surface area contributed by atoms with E-state index in [2.05, 4.69) is 27.5 Å². The molecule has 1 aromatic rings. The lowest BCUT2D eigenvalue weighted by Gasteiger charge is -2.10. The van der Waals surface area contributed by atoms with E-state index in [4.69, 9.17) is 0 Å². The maximum atomic E-state index is 11.8. The van der Waals surface area contributed by atoms with Crippen molar-refractivity contribution in [2.75, 3.05) is 39.0 Å². The van der Waals surface area contributed by atoms with Gasteiger partial charge >= 0.3 is 0 Å². The van der Waals surface area contributed by atoms with Gasteiger partial charge in [-0.2, -0.15) is 0 Å².